The van der Waals surface area contributed by atoms with Gasteiger partial charge in [-0.3, -0.25) is 4.79 Å². The van der Waals surface area contributed by atoms with E-state index in [-0.39, 0.29) is 17.3 Å². The molecule has 1 aromatic heterocycles. The number of para-hydroxylation sites is 1. The van der Waals surface area contributed by atoms with E-state index in [1.165, 1.54) is 5.57 Å². The van der Waals surface area contributed by atoms with Crippen LogP contribution in [0.25, 0.3) is 17.0 Å². The Morgan fingerprint density at radius 1 is 1.33 bits per heavy atom. The summed E-state index contributed by atoms with van der Waals surface area (Å²) in [6, 6.07) is 8.11. The maximum Gasteiger partial charge on any atom is 0.184 e. The van der Waals surface area contributed by atoms with Crippen molar-refractivity contribution in [3.05, 3.63) is 52.7 Å². The first-order chi connectivity index (χ1) is 11.5. The molecule has 0 aliphatic heterocycles. The quantitative estimate of drug-likeness (QED) is 0.765. The number of nitrogens with one attached hydrogen (secondary N) is 1. The molecule has 0 radical (unpaired) electrons. The molecule has 4 rings (SSSR count). The van der Waals surface area contributed by atoms with Crippen LogP contribution in [0.1, 0.15) is 45.1 Å². The predicted octanol–water partition coefficient (Wildman–Crippen LogP) is 4.39. The van der Waals surface area contributed by atoms with Crippen molar-refractivity contribution in [2.24, 2.45) is 5.41 Å². The monoisotopic (exact) mass is 321 g/mol. The van der Waals surface area contributed by atoms with Crippen LogP contribution in [0.2, 0.25) is 0 Å². The van der Waals surface area contributed by atoms with E-state index in [1.54, 1.807) is 0 Å². The molecule has 24 heavy (non-hydrogen) atoms. The normalized spacial score (nSPS) is 29.4. The third kappa shape index (κ3) is 2.19. The summed E-state index contributed by atoms with van der Waals surface area (Å²) in [5, 5.41) is 11.7. The van der Waals surface area contributed by atoms with Crippen LogP contribution in [0.5, 0.6) is 0 Å². The standard InChI is InChI=1S/C21H23NO2/c1-13-17-7-5-9-19(23)21(17,2)11-14(20(13)24)10-15-12-22-18-8-4-3-6-16(15)18/h3-4,6,8,10,12,19,22-23H,5,7,9,11H2,1-2H3/b14-10+/t19-,21-/m0/s1. The van der Waals surface area contributed by atoms with Crippen LogP contribution in [-0.4, -0.2) is 22.0 Å². The van der Waals surface area contributed by atoms with Gasteiger partial charge in [0.1, 0.15) is 0 Å². The van der Waals surface area contributed by atoms with Gasteiger partial charge in [0.05, 0.1) is 6.10 Å². The summed E-state index contributed by atoms with van der Waals surface area (Å²) in [5.74, 6) is 0.141. The molecular weight excluding hydrogens is 298 g/mol. The number of fused-ring (bicyclic) bond motifs is 2. The molecule has 1 saturated carbocycles. The van der Waals surface area contributed by atoms with Gasteiger partial charge in [0.2, 0.25) is 0 Å². The summed E-state index contributed by atoms with van der Waals surface area (Å²) in [5.41, 5.74) is 4.64. The molecule has 0 unspecified atom stereocenters. The Balaban J connectivity index is 1.82. The van der Waals surface area contributed by atoms with Crippen molar-refractivity contribution < 1.29 is 9.90 Å². The summed E-state index contributed by atoms with van der Waals surface area (Å²) in [7, 11) is 0. The van der Waals surface area contributed by atoms with Crippen LogP contribution in [0.3, 0.4) is 0 Å². The van der Waals surface area contributed by atoms with Gasteiger partial charge >= 0.3 is 0 Å². The average molecular weight is 321 g/mol. The van der Waals surface area contributed by atoms with Gasteiger partial charge in [-0.1, -0.05) is 30.7 Å². The van der Waals surface area contributed by atoms with Crippen molar-refractivity contribution in [1.82, 2.24) is 4.98 Å². The summed E-state index contributed by atoms with van der Waals surface area (Å²) < 4.78 is 0. The number of aliphatic hydroxyl groups excluding tert-OH is 1. The number of aromatic amines is 1. The van der Waals surface area contributed by atoms with Crippen molar-refractivity contribution in [2.75, 3.05) is 0 Å². The number of hydrogen-bond donors (Lipinski definition) is 2. The molecule has 1 heterocycles. The molecule has 0 saturated heterocycles. The number of aromatic nitrogens is 1. The SMILES string of the molecule is CC1=C2CCC[C@H](O)[C@@]2(C)C/C(=C\c2c[nH]c3ccccc23)C1=O. The van der Waals surface area contributed by atoms with Gasteiger partial charge in [0.25, 0.3) is 0 Å². The molecule has 2 atom stereocenters. The van der Waals surface area contributed by atoms with Gasteiger partial charge in [-0.2, -0.15) is 0 Å². The van der Waals surface area contributed by atoms with Crippen LogP contribution in [0.15, 0.2) is 47.2 Å². The van der Waals surface area contributed by atoms with Crippen molar-refractivity contribution in [1.29, 1.82) is 0 Å². The van der Waals surface area contributed by atoms with E-state index >= 15 is 0 Å². The van der Waals surface area contributed by atoms with Gasteiger partial charge < -0.3 is 10.1 Å². The van der Waals surface area contributed by atoms with E-state index in [9.17, 15) is 9.90 Å². The molecular formula is C21H23NO2. The minimum absolute atomic E-state index is 0.141. The molecule has 3 heteroatoms. The number of hydrogen-bond acceptors (Lipinski definition) is 2. The first kappa shape index (κ1) is 15.4. The Kier molecular flexibility index (Phi) is 3.50. The van der Waals surface area contributed by atoms with Crippen LogP contribution in [0.4, 0.5) is 0 Å². The number of benzene rings is 1. The van der Waals surface area contributed by atoms with Gasteiger partial charge in [-0.05, 0) is 50.3 Å². The molecule has 1 fully saturated rings. The Hall–Kier alpha value is -2.13. The highest BCUT2D eigenvalue weighted by molar-refractivity contribution is 6.13. The first-order valence-corrected chi connectivity index (χ1v) is 8.70. The van der Waals surface area contributed by atoms with Gasteiger partial charge in [-0.15, -0.1) is 0 Å². The van der Waals surface area contributed by atoms with Gasteiger partial charge in [0, 0.05) is 33.7 Å². The molecule has 0 bridgehead atoms. The first-order valence-electron chi connectivity index (χ1n) is 8.70. The second kappa shape index (κ2) is 5.45. The van der Waals surface area contributed by atoms with Crippen LogP contribution in [0, 0.1) is 5.41 Å². The summed E-state index contributed by atoms with van der Waals surface area (Å²) in [6.45, 7) is 4.04. The molecule has 0 spiro atoms. The Morgan fingerprint density at radius 3 is 2.96 bits per heavy atom. The van der Waals surface area contributed by atoms with Crippen molar-refractivity contribution in [3.8, 4) is 0 Å². The fraction of sp³-hybridized carbons (Fsp3) is 0.381. The highest BCUT2D eigenvalue weighted by Gasteiger charge is 2.45. The molecule has 2 aliphatic carbocycles. The smallest absolute Gasteiger partial charge is 0.184 e. The third-order valence-electron chi connectivity index (χ3n) is 5.92. The predicted molar refractivity (Wildman–Crippen MR) is 96.6 cm³/mol. The van der Waals surface area contributed by atoms with Crippen molar-refractivity contribution in [3.63, 3.8) is 0 Å². The van der Waals surface area contributed by atoms with E-state index in [2.05, 4.69) is 18.0 Å². The number of rotatable bonds is 1. The second-order valence-electron chi connectivity index (χ2n) is 7.39. The van der Waals surface area contributed by atoms with Crippen LogP contribution in [-0.2, 0) is 4.79 Å². The lowest BCUT2D eigenvalue weighted by molar-refractivity contribution is -0.113. The summed E-state index contributed by atoms with van der Waals surface area (Å²) >= 11 is 0. The van der Waals surface area contributed by atoms with E-state index in [4.69, 9.17) is 0 Å². The molecule has 1 aromatic carbocycles. The lowest BCUT2D eigenvalue weighted by Gasteiger charge is -2.45. The molecule has 2 aliphatic rings. The molecule has 2 aromatic rings. The highest BCUT2D eigenvalue weighted by atomic mass is 16.3. The molecule has 124 valence electrons. The summed E-state index contributed by atoms with van der Waals surface area (Å²) in [4.78, 5) is 16.1. The fourth-order valence-corrected chi connectivity index (χ4v) is 4.49. The lowest BCUT2D eigenvalue weighted by atomic mass is 9.61. The van der Waals surface area contributed by atoms with Crippen LogP contribution < -0.4 is 0 Å². The van der Waals surface area contributed by atoms with Crippen molar-refractivity contribution in [2.45, 2.75) is 45.6 Å². The topological polar surface area (TPSA) is 53.1 Å². The van der Waals surface area contributed by atoms with E-state index in [0.29, 0.717) is 6.42 Å². The number of H-pyrrole nitrogens is 1. The maximum atomic E-state index is 12.9. The van der Waals surface area contributed by atoms with E-state index in [1.807, 2.05) is 37.4 Å². The highest BCUT2D eigenvalue weighted by Crippen LogP contribution is 2.50. The van der Waals surface area contributed by atoms with Gasteiger partial charge in [-0.25, -0.2) is 0 Å². The van der Waals surface area contributed by atoms with E-state index in [0.717, 1.165) is 46.9 Å². The zero-order valence-electron chi connectivity index (χ0n) is 14.2. The Bertz CT molecular complexity index is 886. The number of carbonyl (C=O) groups is 1. The minimum Gasteiger partial charge on any atom is -0.392 e. The average Bonchev–Trinajstić information content (AvgIpc) is 2.98. The Labute approximate surface area is 142 Å². The minimum atomic E-state index is -0.365. The largest absolute Gasteiger partial charge is 0.392 e. The zero-order valence-corrected chi connectivity index (χ0v) is 14.2. The zero-order chi connectivity index (χ0) is 16.9. The Morgan fingerprint density at radius 2 is 2.12 bits per heavy atom. The van der Waals surface area contributed by atoms with Crippen LogP contribution >= 0.6 is 0 Å². The summed E-state index contributed by atoms with van der Waals surface area (Å²) in [6.07, 6.45) is 6.95. The third-order valence-corrected chi connectivity index (χ3v) is 5.92. The lowest BCUT2D eigenvalue weighted by Crippen LogP contribution is -2.42. The maximum absolute atomic E-state index is 12.9. The number of ketones is 1. The van der Waals surface area contributed by atoms with Crippen molar-refractivity contribution >= 4 is 22.8 Å². The van der Waals surface area contributed by atoms with Gasteiger partial charge in [0.15, 0.2) is 5.78 Å². The molecule has 3 nitrogen and oxygen atoms in total. The molecule has 2 N–H and O–H groups in total. The number of carbonyl (C=O) groups excluding carboxylic acids is 1. The number of allylic oxidation sites excluding steroid dienone is 2. The number of aliphatic hydroxyl groups is 1. The number of Topliss-reactive ketones (excluding diaryl/α,β-unsaturated/α-hetero) is 1. The van der Waals surface area contributed by atoms with E-state index < -0.39 is 0 Å². The second-order valence-corrected chi connectivity index (χ2v) is 7.39. The molecule has 0 amide bonds. The fourth-order valence-electron chi connectivity index (χ4n) is 4.49.